The van der Waals surface area contributed by atoms with Crippen molar-refractivity contribution in [3.05, 3.63) is 35.4 Å². The third-order valence-corrected chi connectivity index (χ3v) is 3.09. The number of nitrogens with one attached hydrogen (secondary N) is 2. The Bertz CT molecular complexity index is 473. The van der Waals surface area contributed by atoms with Crippen LogP contribution in [-0.2, 0) is 12.7 Å². The van der Waals surface area contributed by atoms with Crippen molar-refractivity contribution in [2.24, 2.45) is 5.92 Å². The molecular formula is C15H21F3N2O2. The average molecular weight is 318 g/mol. The Morgan fingerprint density at radius 2 is 1.77 bits per heavy atom. The van der Waals surface area contributed by atoms with E-state index in [9.17, 15) is 23.1 Å². The molecule has 0 saturated heterocycles. The summed E-state index contributed by atoms with van der Waals surface area (Å²) >= 11 is 0. The predicted molar refractivity (Wildman–Crippen MR) is 77.1 cm³/mol. The van der Waals surface area contributed by atoms with Crippen LogP contribution in [0.4, 0.5) is 18.0 Å². The van der Waals surface area contributed by atoms with Crippen LogP contribution in [0.3, 0.4) is 0 Å². The smallest absolute Gasteiger partial charge is 0.393 e. The molecule has 3 N–H and O–H groups in total. The van der Waals surface area contributed by atoms with E-state index in [0.29, 0.717) is 18.5 Å². The predicted octanol–water partition coefficient (Wildman–Crippen LogP) is 2.91. The highest BCUT2D eigenvalue weighted by Gasteiger charge is 2.29. The summed E-state index contributed by atoms with van der Waals surface area (Å²) in [5.74, 6) is 0.136. The van der Waals surface area contributed by atoms with Gasteiger partial charge in [-0.3, -0.25) is 0 Å². The van der Waals surface area contributed by atoms with E-state index >= 15 is 0 Å². The number of hydrogen-bond donors (Lipinski definition) is 3. The Kier molecular flexibility index (Phi) is 6.67. The molecule has 0 saturated carbocycles. The third-order valence-electron chi connectivity index (χ3n) is 3.09. The largest absolute Gasteiger partial charge is 0.416 e. The lowest BCUT2D eigenvalue weighted by atomic mass is 10.1. The van der Waals surface area contributed by atoms with Gasteiger partial charge in [-0.25, -0.2) is 4.79 Å². The van der Waals surface area contributed by atoms with Gasteiger partial charge in [-0.15, -0.1) is 0 Å². The molecule has 0 bridgehead atoms. The number of halogens is 3. The van der Waals surface area contributed by atoms with Gasteiger partial charge in [-0.2, -0.15) is 13.2 Å². The van der Waals surface area contributed by atoms with E-state index in [1.54, 1.807) is 6.92 Å². The van der Waals surface area contributed by atoms with Crippen molar-refractivity contribution in [3.8, 4) is 0 Å². The molecule has 22 heavy (non-hydrogen) atoms. The number of amides is 2. The minimum atomic E-state index is -4.36. The van der Waals surface area contributed by atoms with Crippen LogP contribution in [0.2, 0.25) is 0 Å². The van der Waals surface area contributed by atoms with Gasteiger partial charge in [0, 0.05) is 13.1 Å². The quantitative estimate of drug-likeness (QED) is 0.755. The summed E-state index contributed by atoms with van der Waals surface area (Å²) in [6.45, 7) is 4.16. The number of aliphatic hydroxyl groups excluding tert-OH is 1. The zero-order valence-electron chi connectivity index (χ0n) is 12.6. The van der Waals surface area contributed by atoms with Crippen molar-refractivity contribution in [2.75, 3.05) is 6.54 Å². The topological polar surface area (TPSA) is 61.4 Å². The fraction of sp³-hybridized carbons (Fsp3) is 0.533. The van der Waals surface area contributed by atoms with E-state index in [-0.39, 0.29) is 12.5 Å². The van der Waals surface area contributed by atoms with Gasteiger partial charge >= 0.3 is 12.2 Å². The molecule has 0 aliphatic rings. The Morgan fingerprint density at radius 1 is 1.18 bits per heavy atom. The average Bonchev–Trinajstić information content (AvgIpc) is 2.41. The van der Waals surface area contributed by atoms with Crippen molar-refractivity contribution in [1.29, 1.82) is 0 Å². The van der Waals surface area contributed by atoms with Crippen LogP contribution in [0.25, 0.3) is 0 Å². The number of aliphatic hydroxyl groups is 1. The Balaban J connectivity index is 2.35. The molecule has 0 spiro atoms. The SMILES string of the molecule is CC(O)CC(C)CNC(=O)NCc1ccc(C(F)(F)F)cc1. The van der Waals surface area contributed by atoms with Crippen LogP contribution in [0.5, 0.6) is 0 Å². The van der Waals surface area contributed by atoms with Gasteiger partial charge in [0.1, 0.15) is 0 Å². The molecule has 4 nitrogen and oxygen atoms in total. The number of alkyl halides is 3. The molecule has 1 aromatic rings. The van der Waals surface area contributed by atoms with E-state index in [0.717, 1.165) is 12.1 Å². The lowest BCUT2D eigenvalue weighted by Crippen LogP contribution is -2.37. The highest BCUT2D eigenvalue weighted by atomic mass is 19.4. The van der Waals surface area contributed by atoms with Crippen molar-refractivity contribution < 1.29 is 23.1 Å². The molecule has 1 rings (SSSR count). The molecule has 0 aromatic heterocycles. The maximum atomic E-state index is 12.4. The monoisotopic (exact) mass is 318 g/mol. The van der Waals surface area contributed by atoms with Gasteiger partial charge in [0.15, 0.2) is 0 Å². The first kappa shape index (κ1) is 18.3. The van der Waals surface area contributed by atoms with Crippen molar-refractivity contribution in [1.82, 2.24) is 10.6 Å². The van der Waals surface area contributed by atoms with E-state index < -0.39 is 23.9 Å². The Labute approximate surface area is 127 Å². The number of benzene rings is 1. The van der Waals surface area contributed by atoms with Crippen LogP contribution in [0, 0.1) is 5.92 Å². The molecule has 2 amide bonds. The molecule has 0 radical (unpaired) electrons. The van der Waals surface area contributed by atoms with Crippen LogP contribution >= 0.6 is 0 Å². The Morgan fingerprint density at radius 3 is 2.27 bits per heavy atom. The van der Waals surface area contributed by atoms with Crippen LogP contribution in [-0.4, -0.2) is 23.8 Å². The van der Waals surface area contributed by atoms with Crippen LogP contribution < -0.4 is 10.6 Å². The van der Waals surface area contributed by atoms with E-state index in [1.165, 1.54) is 12.1 Å². The second-order valence-electron chi connectivity index (χ2n) is 5.45. The summed E-state index contributed by atoms with van der Waals surface area (Å²) in [4.78, 5) is 11.6. The third kappa shape index (κ3) is 6.80. The van der Waals surface area contributed by atoms with Gasteiger partial charge in [0.2, 0.25) is 0 Å². The molecule has 0 fully saturated rings. The highest BCUT2D eigenvalue weighted by molar-refractivity contribution is 5.73. The number of hydrogen-bond acceptors (Lipinski definition) is 2. The zero-order valence-corrected chi connectivity index (χ0v) is 12.6. The number of carbonyl (C=O) groups excluding carboxylic acids is 1. The second kappa shape index (κ2) is 8.03. The maximum Gasteiger partial charge on any atom is 0.416 e. The number of rotatable bonds is 6. The molecule has 7 heteroatoms. The minimum absolute atomic E-state index is 0.136. The minimum Gasteiger partial charge on any atom is -0.393 e. The van der Waals surface area contributed by atoms with E-state index in [2.05, 4.69) is 10.6 Å². The maximum absolute atomic E-state index is 12.4. The van der Waals surface area contributed by atoms with Crippen molar-refractivity contribution in [2.45, 2.75) is 39.1 Å². The van der Waals surface area contributed by atoms with Crippen molar-refractivity contribution >= 4 is 6.03 Å². The molecule has 0 heterocycles. The first-order chi connectivity index (χ1) is 10.2. The molecule has 2 unspecified atom stereocenters. The Hall–Kier alpha value is -1.76. The van der Waals surface area contributed by atoms with E-state index in [4.69, 9.17) is 0 Å². The lowest BCUT2D eigenvalue weighted by molar-refractivity contribution is -0.137. The van der Waals surface area contributed by atoms with Gasteiger partial charge in [0.05, 0.1) is 11.7 Å². The molecule has 124 valence electrons. The van der Waals surface area contributed by atoms with Crippen LogP contribution in [0.1, 0.15) is 31.4 Å². The molecule has 0 aliphatic carbocycles. The summed E-state index contributed by atoms with van der Waals surface area (Å²) in [6.07, 6.45) is -4.20. The molecule has 2 atom stereocenters. The second-order valence-corrected chi connectivity index (χ2v) is 5.45. The lowest BCUT2D eigenvalue weighted by Gasteiger charge is -2.14. The van der Waals surface area contributed by atoms with Gasteiger partial charge < -0.3 is 15.7 Å². The number of urea groups is 1. The fourth-order valence-corrected chi connectivity index (χ4v) is 1.99. The zero-order chi connectivity index (χ0) is 16.8. The molecule has 0 aliphatic heterocycles. The first-order valence-electron chi connectivity index (χ1n) is 7.04. The summed E-state index contributed by atoms with van der Waals surface area (Å²) in [6, 6.07) is 4.25. The van der Waals surface area contributed by atoms with Gasteiger partial charge in [0.25, 0.3) is 0 Å². The number of carbonyl (C=O) groups is 1. The first-order valence-corrected chi connectivity index (χ1v) is 7.04. The molecule has 1 aromatic carbocycles. The van der Waals surface area contributed by atoms with Gasteiger partial charge in [-0.05, 0) is 37.0 Å². The summed E-state index contributed by atoms with van der Waals surface area (Å²) in [7, 11) is 0. The van der Waals surface area contributed by atoms with Crippen molar-refractivity contribution in [3.63, 3.8) is 0 Å². The summed E-state index contributed by atoms with van der Waals surface area (Å²) < 4.78 is 37.2. The standard InChI is InChI=1S/C15H21F3N2O2/c1-10(7-11(2)21)8-19-14(22)20-9-12-3-5-13(6-4-12)15(16,17)18/h3-6,10-11,21H,7-9H2,1-2H3,(H2,19,20,22). The summed E-state index contributed by atoms with van der Waals surface area (Å²) in [5, 5.41) is 14.4. The molecular weight excluding hydrogens is 297 g/mol. The highest BCUT2D eigenvalue weighted by Crippen LogP contribution is 2.28. The van der Waals surface area contributed by atoms with Crippen LogP contribution in [0.15, 0.2) is 24.3 Å². The van der Waals surface area contributed by atoms with Gasteiger partial charge in [-0.1, -0.05) is 19.1 Å². The fourth-order valence-electron chi connectivity index (χ4n) is 1.99. The summed E-state index contributed by atoms with van der Waals surface area (Å²) in [5.41, 5.74) is -0.132. The normalized spacial score (nSPS) is 14.3. The van der Waals surface area contributed by atoms with E-state index in [1.807, 2.05) is 6.92 Å².